The molecule has 3 N–H and O–H groups in total. The van der Waals surface area contributed by atoms with E-state index in [1.54, 1.807) is 62.8 Å². The fourth-order valence-corrected chi connectivity index (χ4v) is 3.51. The van der Waals surface area contributed by atoms with Crippen LogP contribution in [0.2, 0.25) is 5.02 Å². The number of nitrogens with zero attached hydrogens (tertiary/aromatic N) is 2. The summed E-state index contributed by atoms with van der Waals surface area (Å²) in [6, 6.07) is 14.3. The third-order valence-corrected chi connectivity index (χ3v) is 5.86. The molecule has 0 aliphatic carbocycles. The van der Waals surface area contributed by atoms with E-state index in [4.69, 9.17) is 11.6 Å². The highest BCUT2D eigenvalue weighted by Crippen LogP contribution is 2.21. The van der Waals surface area contributed by atoms with Crippen molar-refractivity contribution in [1.29, 1.82) is 0 Å². The van der Waals surface area contributed by atoms with Crippen molar-refractivity contribution in [2.45, 2.75) is 26.2 Å². The molecule has 0 radical (unpaired) electrons. The van der Waals surface area contributed by atoms with Crippen molar-refractivity contribution in [2.24, 2.45) is 0 Å². The van der Waals surface area contributed by atoms with E-state index in [1.165, 1.54) is 9.58 Å². The minimum absolute atomic E-state index is 0.0689. The lowest BCUT2D eigenvalue weighted by molar-refractivity contribution is -0.127. The number of hydrogen-bond acceptors (Lipinski definition) is 4. The smallest absolute Gasteiger partial charge is 0.271 e. The Bertz CT molecular complexity index is 1200. The predicted molar refractivity (Wildman–Crippen MR) is 143 cm³/mol. The molecule has 0 spiro atoms. The fraction of sp³-hybridized carbons (Fsp3) is 0.296. The second-order valence-electron chi connectivity index (χ2n) is 8.61. The van der Waals surface area contributed by atoms with E-state index in [0.29, 0.717) is 16.3 Å². The van der Waals surface area contributed by atoms with Crippen LogP contribution in [0.25, 0.3) is 17.0 Å². The number of carbonyl (C=O) groups excluding carboxylic acids is 3. The zero-order chi connectivity index (χ0) is 26.1. The molecule has 8 nitrogen and oxygen atoms in total. The third kappa shape index (κ3) is 7.36. The van der Waals surface area contributed by atoms with Gasteiger partial charge in [-0.15, -0.1) is 0 Å². The van der Waals surface area contributed by atoms with E-state index < -0.39 is 0 Å². The molecule has 36 heavy (non-hydrogen) atoms. The molecule has 3 aromatic rings. The first-order chi connectivity index (χ1) is 17.3. The highest BCUT2D eigenvalue weighted by Gasteiger charge is 2.13. The van der Waals surface area contributed by atoms with Gasteiger partial charge in [0, 0.05) is 48.6 Å². The summed E-state index contributed by atoms with van der Waals surface area (Å²) in [5.41, 5.74) is 3.64. The van der Waals surface area contributed by atoms with Crippen LogP contribution in [0.5, 0.6) is 0 Å². The van der Waals surface area contributed by atoms with E-state index in [2.05, 4.69) is 22.7 Å². The van der Waals surface area contributed by atoms with Gasteiger partial charge in [0.15, 0.2) is 0 Å². The molecule has 1 aromatic heterocycles. The Labute approximate surface area is 216 Å². The molecule has 2 aromatic carbocycles. The van der Waals surface area contributed by atoms with Gasteiger partial charge in [0.2, 0.25) is 5.91 Å². The number of amides is 2. The number of halogens is 1. The number of nitrogens with one attached hydrogen (secondary N) is 3. The number of H-pyrrole nitrogens is 1. The van der Waals surface area contributed by atoms with Crippen LogP contribution in [0.15, 0.2) is 60.8 Å². The third-order valence-electron chi connectivity index (χ3n) is 5.61. The van der Waals surface area contributed by atoms with Gasteiger partial charge in [-0.2, -0.15) is 0 Å². The average molecular weight is 510 g/mol. The molecule has 0 aliphatic rings. The van der Waals surface area contributed by atoms with Crippen molar-refractivity contribution >= 4 is 35.0 Å². The van der Waals surface area contributed by atoms with Crippen molar-refractivity contribution in [3.63, 3.8) is 0 Å². The summed E-state index contributed by atoms with van der Waals surface area (Å²) in [6.45, 7) is 2.79. The molecule has 0 bridgehead atoms. The average Bonchev–Trinajstić information content (AvgIpc) is 2.84. The topological polar surface area (TPSA) is 99.2 Å². The maximum Gasteiger partial charge on any atom is 0.271 e. The molecule has 0 saturated carbocycles. The Hall–Kier alpha value is -3.78. The van der Waals surface area contributed by atoms with E-state index in [1.807, 2.05) is 12.1 Å². The number of carbonyl (C=O) groups is 3. The summed E-state index contributed by atoms with van der Waals surface area (Å²) >= 11 is 5.94. The van der Waals surface area contributed by atoms with Gasteiger partial charge in [0.1, 0.15) is 0 Å². The minimum atomic E-state index is -0.334. The van der Waals surface area contributed by atoms with Gasteiger partial charge < -0.3 is 15.5 Å². The second kappa shape index (κ2) is 12.8. The molecule has 3 rings (SSSR count). The molecule has 1 heterocycles. The summed E-state index contributed by atoms with van der Waals surface area (Å²) in [7, 11) is 3.27. The summed E-state index contributed by atoms with van der Waals surface area (Å²) in [5, 5.41) is 9.67. The Morgan fingerprint density at radius 3 is 2.22 bits per heavy atom. The highest BCUT2D eigenvalue weighted by molar-refractivity contribution is 6.30. The van der Waals surface area contributed by atoms with Crippen LogP contribution in [0.3, 0.4) is 0 Å². The Morgan fingerprint density at radius 1 is 0.972 bits per heavy atom. The number of likely N-dealkylation sites (N-methyl/N-ethyl adjacent to an activating group) is 1. The summed E-state index contributed by atoms with van der Waals surface area (Å²) in [5.74, 6) is -0.749. The standard InChI is InChI=1S/C27H32ClN5O3/c1-4-5-6-15-29-23(16-25(34)33-18-24(31-33)20-11-13-22(28)14-12-20)19-7-9-21(10-8-19)27(36)30-17-26(35)32(2)3/h7-14,16,18,29,31H,4-6,15,17H2,1-3H3,(H,30,36)/b23-16-. The molecule has 0 fully saturated rings. The van der Waals surface area contributed by atoms with Crippen LogP contribution in [-0.4, -0.2) is 59.6 Å². The van der Waals surface area contributed by atoms with Crippen LogP contribution in [-0.2, 0) is 4.79 Å². The van der Waals surface area contributed by atoms with Gasteiger partial charge in [0.25, 0.3) is 11.8 Å². The number of hydrogen-bond donors (Lipinski definition) is 3. The van der Waals surface area contributed by atoms with Crippen LogP contribution < -0.4 is 10.6 Å². The molecular weight excluding hydrogens is 478 g/mol. The molecule has 190 valence electrons. The van der Waals surface area contributed by atoms with E-state index in [9.17, 15) is 14.4 Å². The lowest BCUT2D eigenvalue weighted by Crippen LogP contribution is -2.36. The summed E-state index contributed by atoms with van der Waals surface area (Å²) < 4.78 is 1.42. The summed E-state index contributed by atoms with van der Waals surface area (Å²) in [4.78, 5) is 38.4. The Balaban J connectivity index is 1.72. The maximum atomic E-state index is 12.9. The van der Waals surface area contributed by atoms with Crippen molar-refractivity contribution in [3.05, 3.63) is 77.0 Å². The number of aromatic amines is 1. The van der Waals surface area contributed by atoms with Crippen molar-refractivity contribution in [3.8, 4) is 11.3 Å². The van der Waals surface area contributed by atoms with Crippen molar-refractivity contribution in [1.82, 2.24) is 25.3 Å². The SMILES string of the molecule is CCCCCN/C(=C\C(=O)n1cc(-c2ccc(Cl)cc2)[nH]1)c1ccc(C(=O)NCC(=O)N(C)C)cc1. The van der Waals surface area contributed by atoms with Crippen molar-refractivity contribution < 1.29 is 14.4 Å². The molecular formula is C27H32ClN5O3. The van der Waals surface area contributed by atoms with Crippen molar-refractivity contribution in [2.75, 3.05) is 27.2 Å². The second-order valence-corrected chi connectivity index (χ2v) is 9.05. The number of rotatable bonds is 11. The quantitative estimate of drug-likeness (QED) is 0.263. The first-order valence-corrected chi connectivity index (χ1v) is 12.3. The first kappa shape index (κ1) is 26.8. The molecule has 2 amide bonds. The van der Waals surface area contributed by atoms with Gasteiger partial charge in [0.05, 0.1) is 18.4 Å². The molecule has 0 saturated heterocycles. The summed E-state index contributed by atoms with van der Waals surface area (Å²) in [6.07, 6.45) is 6.43. The van der Waals surface area contributed by atoms with Crippen LogP contribution >= 0.6 is 11.6 Å². The lowest BCUT2D eigenvalue weighted by atomic mass is 10.1. The highest BCUT2D eigenvalue weighted by atomic mass is 35.5. The Kier molecular flexibility index (Phi) is 9.53. The van der Waals surface area contributed by atoms with Gasteiger partial charge in [-0.05, 0) is 36.2 Å². The van der Waals surface area contributed by atoms with Crippen LogP contribution in [0.4, 0.5) is 0 Å². The van der Waals surface area contributed by atoms with E-state index >= 15 is 0 Å². The molecule has 0 atom stereocenters. The number of allylic oxidation sites excluding steroid dienone is 1. The van der Waals surface area contributed by atoms with Crippen LogP contribution in [0.1, 0.15) is 46.9 Å². The molecule has 0 aliphatic heterocycles. The van der Waals surface area contributed by atoms with Gasteiger partial charge in [-0.1, -0.05) is 55.6 Å². The van der Waals surface area contributed by atoms with Gasteiger partial charge >= 0.3 is 0 Å². The monoisotopic (exact) mass is 509 g/mol. The fourth-order valence-electron chi connectivity index (χ4n) is 3.39. The zero-order valence-corrected chi connectivity index (χ0v) is 21.6. The lowest BCUT2D eigenvalue weighted by Gasteiger charge is -2.16. The first-order valence-electron chi connectivity index (χ1n) is 11.9. The largest absolute Gasteiger partial charge is 0.384 e. The van der Waals surface area contributed by atoms with Crippen LogP contribution in [0, 0.1) is 0 Å². The normalized spacial score (nSPS) is 11.3. The Morgan fingerprint density at radius 2 is 1.61 bits per heavy atom. The number of benzene rings is 2. The molecule has 0 unspecified atom stereocenters. The van der Waals surface area contributed by atoms with E-state index in [-0.39, 0.29) is 24.3 Å². The predicted octanol–water partition coefficient (Wildman–Crippen LogP) is 4.42. The van der Waals surface area contributed by atoms with Gasteiger partial charge in [-0.25, -0.2) is 4.68 Å². The number of aromatic nitrogens is 2. The minimum Gasteiger partial charge on any atom is -0.384 e. The van der Waals surface area contributed by atoms with E-state index in [0.717, 1.165) is 42.6 Å². The zero-order valence-electron chi connectivity index (χ0n) is 20.8. The number of unbranched alkanes of at least 4 members (excludes halogenated alkanes) is 2. The van der Waals surface area contributed by atoms with Gasteiger partial charge in [-0.3, -0.25) is 19.5 Å². The molecule has 9 heteroatoms. The maximum absolute atomic E-state index is 12.9.